The number of piperidine rings is 1. The normalized spacial score (nSPS) is 19.7. The summed E-state index contributed by atoms with van der Waals surface area (Å²) in [4.78, 5) is 52.8. The second-order valence-electron chi connectivity index (χ2n) is 10.2. The highest BCUT2D eigenvalue weighted by Gasteiger charge is 2.50. The summed E-state index contributed by atoms with van der Waals surface area (Å²) in [5.41, 5.74) is -0.133. The molecule has 0 radical (unpaired) electrons. The number of non-ortho nitro benzene ring substituents is 1. The van der Waals surface area contributed by atoms with Crippen LogP contribution in [0.3, 0.4) is 0 Å². The zero-order valence-corrected chi connectivity index (χ0v) is 23.9. The van der Waals surface area contributed by atoms with Gasteiger partial charge >= 0.3 is 11.9 Å². The zero-order chi connectivity index (χ0) is 29.7. The van der Waals surface area contributed by atoms with Crippen LogP contribution in [0, 0.1) is 16.0 Å². The quantitative estimate of drug-likeness (QED) is 0.196. The van der Waals surface area contributed by atoms with Crippen molar-refractivity contribution in [1.82, 2.24) is 10.2 Å². The van der Waals surface area contributed by atoms with Gasteiger partial charge in [-0.15, -0.1) is 0 Å². The Morgan fingerprint density at radius 2 is 1.80 bits per heavy atom. The Bertz CT molecular complexity index is 1410. The maximum atomic E-state index is 13.5. The zero-order valence-electron chi connectivity index (χ0n) is 23.1. The third-order valence-corrected chi connectivity index (χ3v) is 7.79. The number of nitrogens with zero attached hydrogens (tertiary/aromatic N) is 2. The van der Waals surface area contributed by atoms with E-state index in [4.69, 9.17) is 21.1 Å². The number of allylic oxidation sites excluding steroid dienone is 2. The van der Waals surface area contributed by atoms with E-state index in [2.05, 4.69) is 10.2 Å². The lowest BCUT2D eigenvalue weighted by molar-refractivity contribution is -0.384. The number of rotatable bonds is 9. The third-order valence-electron chi connectivity index (χ3n) is 7.54. The molecule has 2 aliphatic rings. The van der Waals surface area contributed by atoms with Crippen LogP contribution < -0.4 is 5.32 Å². The van der Waals surface area contributed by atoms with E-state index in [0.29, 0.717) is 54.5 Å². The molecule has 1 saturated heterocycles. The number of ketones is 1. The van der Waals surface area contributed by atoms with Crippen LogP contribution in [0.2, 0.25) is 5.02 Å². The van der Waals surface area contributed by atoms with Crippen LogP contribution in [0.5, 0.6) is 0 Å². The fourth-order valence-corrected chi connectivity index (χ4v) is 5.67. The first-order chi connectivity index (χ1) is 19.6. The number of ether oxygens (including phenoxy) is 2. The Morgan fingerprint density at radius 3 is 2.44 bits per heavy atom. The average Bonchev–Trinajstić information content (AvgIpc) is 2.96. The number of methoxy groups -OCH3 is 1. The Hall–Kier alpha value is -4.02. The number of dihydropyridines is 1. The molecule has 1 unspecified atom stereocenters. The minimum absolute atomic E-state index is 0.00252. The minimum Gasteiger partial charge on any atom is -0.468 e. The number of carbonyl (C=O) groups excluding carboxylic acids is 3. The summed E-state index contributed by atoms with van der Waals surface area (Å²) in [5, 5.41) is 15.1. The number of nitrogens with one attached hydrogen (secondary N) is 1. The summed E-state index contributed by atoms with van der Waals surface area (Å²) < 4.78 is 10.8. The number of nitro benzene ring substituents is 1. The lowest BCUT2D eigenvalue weighted by atomic mass is 9.71. The second-order valence-corrected chi connectivity index (χ2v) is 10.6. The number of Topliss-reactive ketones (excluding diaryl/α,β-unsaturated/α-hetero) is 1. The molecule has 0 spiro atoms. The van der Waals surface area contributed by atoms with Crippen LogP contribution in [0.15, 0.2) is 71.6 Å². The number of nitro groups is 1. The first-order valence-corrected chi connectivity index (χ1v) is 13.6. The molecule has 1 fully saturated rings. The van der Waals surface area contributed by atoms with Crippen LogP contribution in [-0.2, 0) is 24.5 Å². The Labute approximate surface area is 243 Å². The largest absolute Gasteiger partial charge is 0.468 e. The van der Waals surface area contributed by atoms with Gasteiger partial charge in [0.15, 0.2) is 5.78 Å². The predicted molar refractivity (Wildman–Crippen MR) is 152 cm³/mol. The van der Waals surface area contributed by atoms with E-state index in [0.717, 1.165) is 0 Å². The van der Waals surface area contributed by atoms with Crippen LogP contribution in [0.4, 0.5) is 5.69 Å². The van der Waals surface area contributed by atoms with Crippen molar-refractivity contribution < 1.29 is 28.8 Å². The van der Waals surface area contributed by atoms with Crippen LogP contribution in [0.1, 0.15) is 42.6 Å². The van der Waals surface area contributed by atoms with E-state index >= 15 is 0 Å². The molecule has 0 amide bonds. The fraction of sp³-hybridized carbons (Fsp3) is 0.367. The van der Waals surface area contributed by atoms with E-state index in [-0.39, 0.29) is 35.1 Å². The van der Waals surface area contributed by atoms with Crippen molar-refractivity contribution in [3.05, 3.63) is 97.8 Å². The number of likely N-dealkylation sites (tertiary alicyclic amines) is 1. The van der Waals surface area contributed by atoms with Gasteiger partial charge in [0.2, 0.25) is 0 Å². The van der Waals surface area contributed by atoms with Gasteiger partial charge in [-0.05, 0) is 75.7 Å². The molecule has 0 aromatic heterocycles. The molecule has 0 bridgehead atoms. The highest BCUT2D eigenvalue weighted by atomic mass is 35.5. The van der Waals surface area contributed by atoms with Gasteiger partial charge in [0.25, 0.3) is 5.69 Å². The summed E-state index contributed by atoms with van der Waals surface area (Å²) >= 11 is 5.93. The number of halogens is 1. The smallest absolute Gasteiger partial charge is 0.337 e. The number of benzene rings is 2. The van der Waals surface area contributed by atoms with Gasteiger partial charge in [-0.1, -0.05) is 23.7 Å². The third kappa shape index (κ3) is 6.34. The highest BCUT2D eigenvalue weighted by molar-refractivity contribution is 6.30. The van der Waals surface area contributed by atoms with Gasteiger partial charge in [0, 0.05) is 46.6 Å². The predicted octanol–water partition coefficient (Wildman–Crippen LogP) is 4.58. The van der Waals surface area contributed by atoms with Gasteiger partial charge in [-0.2, -0.15) is 0 Å². The maximum Gasteiger partial charge on any atom is 0.337 e. The Kier molecular flexibility index (Phi) is 9.25. The number of esters is 2. The van der Waals surface area contributed by atoms with E-state index in [9.17, 15) is 24.5 Å². The molecular weight excluding hydrogens is 550 g/mol. The number of carbonyl (C=O) groups is 3. The summed E-state index contributed by atoms with van der Waals surface area (Å²) in [6, 6.07) is 12.5. The Morgan fingerprint density at radius 1 is 1.12 bits per heavy atom. The minimum atomic E-state index is -1.74. The SMILES string of the molecule is COC(=O)C1(c2cccc([N+](=O)[O-])c2)C=C(C)NC(C)=C1C(=O)OCCN1CCC(C(=O)c2ccc(Cl)cc2)CC1. The van der Waals surface area contributed by atoms with Crippen molar-refractivity contribution in [2.24, 2.45) is 5.92 Å². The molecule has 41 heavy (non-hydrogen) atoms. The molecule has 216 valence electrons. The van der Waals surface area contributed by atoms with Gasteiger partial charge in [-0.25, -0.2) is 4.79 Å². The Balaban J connectivity index is 1.45. The summed E-state index contributed by atoms with van der Waals surface area (Å²) in [7, 11) is 1.20. The highest BCUT2D eigenvalue weighted by Crippen LogP contribution is 2.41. The lowest BCUT2D eigenvalue weighted by Gasteiger charge is -2.35. The van der Waals surface area contributed by atoms with E-state index in [1.165, 1.54) is 31.4 Å². The molecule has 2 aliphatic heterocycles. The molecule has 1 N–H and O–H groups in total. The van der Waals surface area contributed by atoms with Crippen LogP contribution in [-0.4, -0.2) is 60.9 Å². The molecule has 0 aliphatic carbocycles. The molecule has 10 nitrogen and oxygen atoms in total. The lowest BCUT2D eigenvalue weighted by Crippen LogP contribution is -2.45. The number of hydrogen-bond acceptors (Lipinski definition) is 9. The van der Waals surface area contributed by atoms with Gasteiger partial charge in [-0.3, -0.25) is 24.6 Å². The second kappa shape index (κ2) is 12.7. The van der Waals surface area contributed by atoms with E-state index < -0.39 is 22.3 Å². The summed E-state index contributed by atoms with van der Waals surface area (Å²) in [6.45, 7) is 5.22. The molecule has 11 heteroatoms. The first kappa shape index (κ1) is 30.0. The standard InChI is InChI=1S/C30H32ClN3O7/c1-19-18-30(29(37)40-3,23-5-4-6-25(17-23)34(38)39)26(20(2)32-19)28(36)41-16-15-33-13-11-22(12-14-33)27(35)21-7-9-24(31)10-8-21/h4-10,17-18,22,32H,11-16H2,1-3H3. The first-order valence-electron chi connectivity index (χ1n) is 13.3. The van der Waals surface area contributed by atoms with Crippen molar-refractivity contribution in [2.45, 2.75) is 32.1 Å². The molecular formula is C30H32ClN3O7. The van der Waals surface area contributed by atoms with Crippen molar-refractivity contribution in [2.75, 3.05) is 33.4 Å². The fourth-order valence-electron chi connectivity index (χ4n) is 5.54. The molecule has 4 rings (SSSR count). The molecule has 2 aromatic rings. The van der Waals surface area contributed by atoms with Crippen molar-refractivity contribution in [3.8, 4) is 0 Å². The van der Waals surface area contributed by atoms with E-state index in [1.807, 2.05) is 0 Å². The molecule has 0 saturated carbocycles. The number of hydrogen-bond donors (Lipinski definition) is 1. The topological polar surface area (TPSA) is 128 Å². The molecule has 2 heterocycles. The monoisotopic (exact) mass is 581 g/mol. The van der Waals surface area contributed by atoms with Crippen molar-refractivity contribution in [3.63, 3.8) is 0 Å². The van der Waals surface area contributed by atoms with Crippen LogP contribution in [0.25, 0.3) is 0 Å². The van der Waals surface area contributed by atoms with Gasteiger partial charge < -0.3 is 14.8 Å². The van der Waals surface area contributed by atoms with Gasteiger partial charge in [0.1, 0.15) is 12.0 Å². The molecule has 2 aromatic carbocycles. The average molecular weight is 582 g/mol. The van der Waals surface area contributed by atoms with E-state index in [1.54, 1.807) is 44.2 Å². The van der Waals surface area contributed by atoms with Crippen molar-refractivity contribution >= 4 is 35.0 Å². The summed E-state index contributed by atoms with van der Waals surface area (Å²) in [6.07, 6.45) is 2.90. The van der Waals surface area contributed by atoms with Gasteiger partial charge in [0.05, 0.1) is 17.6 Å². The van der Waals surface area contributed by atoms with Crippen LogP contribution >= 0.6 is 11.6 Å². The molecule has 1 atom stereocenters. The summed E-state index contributed by atoms with van der Waals surface area (Å²) in [5.74, 6) is -1.48. The maximum absolute atomic E-state index is 13.5. The van der Waals surface area contributed by atoms with Crippen molar-refractivity contribution in [1.29, 1.82) is 0 Å².